The van der Waals surface area contributed by atoms with Crippen LogP contribution >= 0.6 is 11.8 Å². The Labute approximate surface area is 201 Å². The molecule has 2 heterocycles. The Balaban J connectivity index is 1.58. The summed E-state index contributed by atoms with van der Waals surface area (Å²) in [6.45, 7) is 0.826. The number of aliphatic hydroxyl groups is 3. The van der Waals surface area contributed by atoms with Crippen molar-refractivity contribution in [2.45, 2.75) is 41.6 Å². The second-order valence-corrected chi connectivity index (χ2v) is 9.03. The van der Waals surface area contributed by atoms with E-state index in [0.717, 1.165) is 28.6 Å². The lowest BCUT2D eigenvalue weighted by molar-refractivity contribution is -0.178. The van der Waals surface area contributed by atoms with Crippen LogP contribution in [0.2, 0.25) is 0 Å². The first-order valence-electron chi connectivity index (χ1n) is 10.4. The molecule has 3 aromatic rings. The van der Waals surface area contributed by atoms with Gasteiger partial charge in [-0.25, -0.2) is 17.9 Å². The standard InChI is InChI=1S/C22H21F3N4O5S/c1-10(31)26-12-2-4-13(5-3-12)35-22-21(33)19(20(32)17(9-30)34-22)29-8-16(27-28-29)11-6-14(23)18(25)15(24)7-11/h2-8,17,19-22,30,32-33H,9H2,1H3,(H,26,31)/t17-,19+,20+,21-,22?/m1/s1. The van der Waals surface area contributed by atoms with Crippen LogP contribution in [0.5, 0.6) is 0 Å². The summed E-state index contributed by atoms with van der Waals surface area (Å²) in [5.74, 6) is -4.64. The third kappa shape index (κ3) is 5.33. The summed E-state index contributed by atoms with van der Waals surface area (Å²) in [4.78, 5) is 11.9. The van der Waals surface area contributed by atoms with Crippen LogP contribution in [0.25, 0.3) is 11.3 Å². The van der Waals surface area contributed by atoms with Gasteiger partial charge in [0.2, 0.25) is 5.91 Å². The minimum Gasteiger partial charge on any atom is -0.394 e. The number of halogens is 3. The maximum atomic E-state index is 13.6. The lowest BCUT2D eigenvalue weighted by atomic mass is 9.97. The van der Waals surface area contributed by atoms with Crippen molar-refractivity contribution in [1.29, 1.82) is 0 Å². The third-order valence-electron chi connectivity index (χ3n) is 5.37. The maximum Gasteiger partial charge on any atom is 0.221 e. The molecule has 1 fully saturated rings. The highest BCUT2D eigenvalue weighted by atomic mass is 32.2. The number of ether oxygens (including phenoxy) is 1. The fraction of sp³-hybridized carbons (Fsp3) is 0.318. The van der Waals surface area contributed by atoms with Crippen LogP contribution < -0.4 is 5.32 Å². The zero-order valence-corrected chi connectivity index (χ0v) is 19.0. The van der Waals surface area contributed by atoms with E-state index in [4.69, 9.17) is 4.74 Å². The SMILES string of the molecule is CC(=O)Nc1ccc(SC2O[C@H](CO)[C@H](O)[C@H](n3cc(-c4cc(F)c(F)c(F)c4)nn3)[C@H]2O)cc1. The van der Waals surface area contributed by atoms with Crippen molar-refractivity contribution in [3.63, 3.8) is 0 Å². The Morgan fingerprint density at radius 2 is 1.80 bits per heavy atom. The molecule has 0 aliphatic carbocycles. The number of carbonyl (C=O) groups excluding carboxylic acids is 1. The van der Waals surface area contributed by atoms with Gasteiger partial charge in [0.15, 0.2) is 17.5 Å². The number of aromatic nitrogens is 3. The number of hydrogen-bond donors (Lipinski definition) is 4. The first-order valence-corrected chi connectivity index (χ1v) is 11.3. The number of nitrogens with zero attached hydrogens (tertiary/aromatic N) is 3. The molecule has 0 spiro atoms. The van der Waals surface area contributed by atoms with Crippen molar-refractivity contribution >= 4 is 23.4 Å². The maximum absolute atomic E-state index is 13.6. The minimum absolute atomic E-state index is 0.0213. The molecule has 4 rings (SSSR count). The molecule has 1 unspecified atom stereocenters. The largest absolute Gasteiger partial charge is 0.394 e. The van der Waals surface area contributed by atoms with Crippen molar-refractivity contribution in [1.82, 2.24) is 15.0 Å². The van der Waals surface area contributed by atoms with Gasteiger partial charge in [0.05, 0.1) is 12.8 Å². The van der Waals surface area contributed by atoms with E-state index >= 15 is 0 Å². The summed E-state index contributed by atoms with van der Waals surface area (Å²) in [6.07, 6.45) is -2.57. The Kier molecular flexibility index (Phi) is 7.42. The second-order valence-electron chi connectivity index (χ2n) is 7.86. The van der Waals surface area contributed by atoms with E-state index in [-0.39, 0.29) is 17.2 Å². The topological polar surface area (TPSA) is 130 Å². The molecule has 0 saturated carbocycles. The summed E-state index contributed by atoms with van der Waals surface area (Å²) < 4.78 is 47.4. The Morgan fingerprint density at radius 1 is 1.14 bits per heavy atom. The molecular formula is C22H21F3N4O5S. The fourth-order valence-electron chi connectivity index (χ4n) is 3.69. The van der Waals surface area contributed by atoms with E-state index in [1.54, 1.807) is 24.3 Å². The number of rotatable bonds is 6. The van der Waals surface area contributed by atoms with E-state index in [1.807, 2.05) is 0 Å². The van der Waals surface area contributed by atoms with Crippen molar-refractivity contribution in [3.05, 3.63) is 60.0 Å². The predicted molar refractivity (Wildman–Crippen MR) is 119 cm³/mol. The van der Waals surface area contributed by atoms with Gasteiger partial charge >= 0.3 is 0 Å². The van der Waals surface area contributed by atoms with E-state index in [0.29, 0.717) is 10.6 Å². The van der Waals surface area contributed by atoms with Crippen LogP contribution in [-0.2, 0) is 9.53 Å². The normalized spacial score (nSPS) is 24.4. The van der Waals surface area contributed by atoms with Crippen LogP contribution in [0, 0.1) is 17.5 Å². The molecule has 1 saturated heterocycles. The number of nitrogens with one attached hydrogen (secondary N) is 1. The summed E-state index contributed by atoms with van der Waals surface area (Å²) in [5, 5.41) is 41.8. The van der Waals surface area contributed by atoms with Gasteiger partial charge in [-0.15, -0.1) is 5.10 Å². The molecule has 2 aromatic carbocycles. The zero-order valence-electron chi connectivity index (χ0n) is 18.2. The highest BCUT2D eigenvalue weighted by molar-refractivity contribution is 7.99. The number of carbonyl (C=O) groups is 1. The predicted octanol–water partition coefficient (Wildman–Crippen LogP) is 2.09. The molecule has 5 atom stereocenters. The van der Waals surface area contributed by atoms with Gasteiger partial charge in [-0.2, -0.15) is 0 Å². The zero-order chi connectivity index (χ0) is 25.3. The van der Waals surface area contributed by atoms with Crippen molar-refractivity contribution in [2.24, 2.45) is 0 Å². The highest BCUT2D eigenvalue weighted by Gasteiger charge is 2.46. The Hall–Kier alpha value is -2.97. The molecule has 186 valence electrons. The van der Waals surface area contributed by atoms with Crippen LogP contribution in [0.1, 0.15) is 13.0 Å². The smallest absolute Gasteiger partial charge is 0.221 e. The van der Waals surface area contributed by atoms with Gasteiger partial charge in [0.25, 0.3) is 0 Å². The van der Waals surface area contributed by atoms with Crippen molar-refractivity contribution in [2.75, 3.05) is 11.9 Å². The number of thioether (sulfide) groups is 1. The molecule has 1 aromatic heterocycles. The van der Waals surface area contributed by atoms with Gasteiger partial charge in [-0.05, 0) is 36.4 Å². The molecule has 1 amide bonds. The monoisotopic (exact) mass is 510 g/mol. The fourth-order valence-corrected chi connectivity index (χ4v) is 4.75. The average Bonchev–Trinajstić information content (AvgIpc) is 3.29. The van der Waals surface area contributed by atoms with E-state index in [9.17, 15) is 33.3 Å². The number of aliphatic hydroxyl groups excluding tert-OH is 3. The molecule has 9 nitrogen and oxygen atoms in total. The van der Waals surface area contributed by atoms with Gasteiger partial charge < -0.3 is 25.4 Å². The summed E-state index contributed by atoms with van der Waals surface area (Å²) in [7, 11) is 0. The van der Waals surface area contributed by atoms with E-state index < -0.39 is 53.8 Å². The van der Waals surface area contributed by atoms with Gasteiger partial charge in [0.1, 0.15) is 35.5 Å². The quantitative estimate of drug-likeness (QED) is 0.371. The number of hydrogen-bond acceptors (Lipinski definition) is 8. The highest BCUT2D eigenvalue weighted by Crippen LogP contribution is 2.38. The molecule has 13 heteroatoms. The summed E-state index contributed by atoms with van der Waals surface area (Å²) in [6, 6.07) is 7.11. The van der Waals surface area contributed by atoms with E-state index in [1.165, 1.54) is 13.1 Å². The van der Waals surface area contributed by atoms with Crippen molar-refractivity contribution < 1.29 is 38.0 Å². The number of amides is 1. The van der Waals surface area contributed by atoms with Crippen molar-refractivity contribution in [3.8, 4) is 11.3 Å². The summed E-state index contributed by atoms with van der Waals surface area (Å²) >= 11 is 1.12. The first kappa shape index (κ1) is 25.1. The molecular weight excluding hydrogens is 489 g/mol. The first-order chi connectivity index (χ1) is 16.7. The molecule has 0 bridgehead atoms. The molecule has 0 radical (unpaired) electrons. The van der Waals surface area contributed by atoms with Gasteiger partial charge in [-0.1, -0.05) is 17.0 Å². The third-order valence-corrected chi connectivity index (χ3v) is 6.54. The molecule has 4 N–H and O–H groups in total. The molecule has 1 aliphatic rings. The number of anilines is 1. The van der Waals surface area contributed by atoms with Crippen LogP contribution in [-0.4, -0.2) is 66.6 Å². The van der Waals surface area contributed by atoms with Crippen LogP contribution in [0.15, 0.2) is 47.5 Å². The lowest BCUT2D eigenvalue weighted by Crippen LogP contribution is -2.55. The average molecular weight is 510 g/mol. The summed E-state index contributed by atoms with van der Waals surface area (Å²) in [5.41, 5.74) is -0.475. The lowest BCUT2D eigenvalue weighted by Gasteiger charge is -2.41. The molecule has 1 aliphatic heterocycles. The molecule has 35 heavy (non-hydrogen) atoms. The van der Waals surface area contributed by atoms with Crippen LogP contribution in [0.4, 0.5) is 18.9 Å². The number of benzene rings is 2. The van der Waals surface area contributed by atoms with Crippen LogP contribution in [0.3, 0.4) is 0 Å². The second kappa shape index (κ2) is 10.3. The minimum atomic E-state index is -1.62. The van der Waals surface area contributed by atoms with Gasteiger partial charge in [-0.3, -0.25) is 4.79 Å². The van der Waals surface area contributed by atoms with E-state index in [2.05, 4.69) is 15.6 Å². The van der Waals surface area contributed by atoms with Gasteiger partial charge in [0, 0.05) is 23.1 Å². The Morgan fingerprint density at radius 3 is 2.40 bits per heavy atom. The Bertz CT molecular complexity index is 1190.